The zero-order valence-electron chi connectivity index (χ0n) is 22.6. The maximum Gasteiger partial charge on any atom is 2.00 e. The molecular weight excluding hydrogens is 847 g/mol. The van der Waals surface area contributed by atoms with Gasteiger partial charge in [-0.3, -0.25) is 0 Å². The van der Waals surface area contributed by atoms with E-state index in [0.717, 1.165) is 4.47 Å². The van der Waals surface area contributed by atoms with Gasteiger partial charge in [0.15, 0.2) is 0 Å². The SMILES string of the molecule is Brc1cn[n-]c1.O=NN=O.[Cl][Ru+].[Ru+2].c1cnn([B-](n2cccn2)n2cccn2)c1.c1cnn([B-](n2cccn2)n2cccn2)c1. The average molecular weight is 868 g/mol. The summed E-state index contributed by atoms with van der Waals surface area (Å²) in [4.78, 5) is 16.9. The second kappa shape index (κ2) is 21.5. The van der Waals surface area contributed by atoms with Crippen molar-refractivity contribution < 1.29 is 36.8 Å². The van der Waals surface area contributed by atoms with Gasteiger partial charge in [0.1, 0.15) is 10.6 Å². The standard InChI is InChI=1S/2C9H9BN6.C3H2BrN2.ClH.N2O2.2Ru/c2*1-4-11-14(7-1)10(15-8-2-5-12-15)16-9-3-6-13-16;4-3-1-5-6-2-3;;3-1-2-4;;/h2*1-9H;1-2H;1H;;;/q3*-1;;;2*+2/p-1. The monoisotopic (exact) mass is 868 g/mol. The molecule has 7 heterocycles. The minimum atomic E-state index is -0.194. The molecule has 0 unspecified atom stereocenters. The number of rotatable bonds is 7. The summed E-state index contributed by atoms with van der Waals surface area (Å²) in [6, 6.07) is 11.2. The van der Waals surface area contributed by atoms with E-state index >= 15 is 0 Å². The Morgan fingerprint density at radius 2 is 0.867 bits per heavy atom. The van der Waals surface area contributed by atoms with Gasteiger partial charge in [-0.25, -0.2) is 30.6 Å². The van der Waals surface area contributed by atoms with Crippen LogP contribution in [0.2, 0.25) is 0 Å². The molecule has 0 fully saturated rings. The Morgan fingerprint density at radius 3 is 0.978 bits per heavy atom. The van der Waals surface area contributed by atoms with Gasteiger partial charge < -0.3 is 37.8 Å². The fourth-order valence-corrected chi connectivity index (χ4v) is 3.62. The molecule has 7 rings (SSSR count). The van der Waals surface area contributed by atoms with Gasteiger partial charge in [-0.05, 0) is 73.6 Å². The zero-order chi connectivity index (χ0) is 31.4. The minimum Gasteiger partial charge on any atom is -0.425 e. The van der Waals surface area contributed by atoms with E-state index in [1.54, 1.807) is 87.7 Å². The molecule has 0 aliphatic rings. The predicted molar refractivity (Wildman–Crippen MR) is 160 cm³/mol. The second-order valence-corrected chi connectivity index (χ2v) is 8.56. The molecule has 0 aliphatic heterocycles. The van der Waals surface area contributed by atoms with Crippen LogP contribution >= 0.6 is 25.6 Å². The topological polar surface area (TPSA) is 193 Å². The summed E-state index contributed by atoms with van der Waals surface area (Å²) in [5.74, 6) is 0. The summed E-state index contributed by atoms with van der Waals surface area (Å²) in [6.45, 7) is 0. The van der Waals surface area contributed by atoms with Gasteiger partial charge in [0.25, 0.3) is 14.2 Å². The summed E-state index contributed by atoms with van der Waals surface area (Å²) < 4.78 is 11.7. The molecule has 0 bridgehead atoms. The summed E-state index contributed by atoms with van der Waals surface area (Å²) in [7, 11) is 4.18. The van der Waals surface area contributed by atoms with Gasteiger partial charge in [0.05, 0.1) is 0 Å². The molecule has 24 heteroatoms. The molecule has 0 aliphatic carbocycles. The molecule has 7 aromatic rings. The van der Waals surface area contributed by atoms with Crippen LogP contribution in [-0.4, -0.2) is 77.5 Å². The Morgan fingerprint density at radius 1 is 0.600 bits per heavy atom. The van der Waals surface area contributed by atoms with Crippen LogP contribution in [0, 0.1) is 9.81 Å². The third kappa shape index (κ3) is 11.7. The van der Waals surface area contributed by atoms with E-state index in [0.29, 0.717) is 0 Å². The van der Waals surface area contributed by atoms with Crippen LogP contribution in [0.3, 0.4) is 0 Å². The molecule has 0 spiro atoms. The first-order valence-electron chi connectivity index (χ1n) is 12.0. The number of nitroso groups, excluding NO2 is 2. The van der Waals surface area contributed by atoms with Gasteiger partial charge in [-0.2, -0.15) is 0 Å². The largest absolute Gasteiger partial charge is 2.00 e. The van der Waals surface area contributed by atoms with Crippen molar-refractivity contribution in [2.24, 2.45) is 10.6 Å². The third-order valence-corrected chi connectivity index (χ3v) is 5.44. The normalized spacial score (nSPS) is 9.62. The number of hydrogen-bond acceptors (Lipinski definition) is 9. The van der Waals surface area contributed by atoms with E-state index in [9.17, 15) is 0 Å². The van der Waals surface area contributed by atoms with E-state index < -0.39 is 0 Å². The molecular formula is C21H20B2BrClN16O2Ru2. The van der Waals surface area contributed by atoms with Crippen molar-refractivity contribution in [2.45, 2.75) is 0 Å². The van der Waals surface area contributed by atoms with Crippen LogP contribution in [0.5, 0.6) is 0 Å². The third-order valence-electron chi connectivity index (χ3n) is 5.03. The van der Waals surface area contributed by atoms with Crippen molar-refractivity contribution in [3.63, 3.8) is 0 Å². The molecule has 2 radical (unpaired) electrons. The van der Waals surface area contributed by atoms with Gasteiger partial charge in [0.2, 0.25) is 0 Å². The Hall–Kier alpha value is -4.18. The van der Waals surface area contributed by atoms with Gasteiger partial charge in [-0.15, -0.1) is 16.0 Å². The van der Waals surface area contributed by atoms with Crippen LogP contribution in [0.25, 0.3) is 0 Å². The molecule has 0 atom stereocenters. The van der Waals surface area contributed by atoms with E-state index in [1.165, 1.54) is 0 Å². The van der Waals surface area contributed by atoms with Crippen molar-refractivity contribution in [1.82, 2.24) is 68.3 Å². The van der Waals surface area contributed by atoms with Crippen LogP contribution in [0.1, 0.15) is 0 Å². The van der Waals surface area contributed by atoms with Crippen molar-refractivity contribution in [3.05, 3.63) is 137 Å². The summed E-state index contributed by atoms with van der Waals surface area (Å²) in [6.07, 6.45) is 25.0. The van der Waals surface area contributed by atoms with E-state index in [4.69, 9.17) is 9.81 Å². The summed E-state index contributed by atoms with van der Waals surface area (Å²) in [5.41, 5.74) is 0. The first-order valence-corrected chi connectivity index (χ1v) is 15.1. The van der Waals surface area contributed by atoms with Crippen molar-refractivity contribution in [2.75, 3.05) is 0 Å². The quantitative estimate of drug-likeness (QED) is 0.131. The second-order valence-electron chi connectivity index (χ2n) is 7.65. The zero-order valence-corrected chi connectivity index (χ0v) is 28.5. The van der Waals surface area contributed by atoms with Crippen LogP contribution in [0.15, 0.2) is 138 Å². The summed E-state index contributed by atoms with van der Waals surface area (Å²) >= 11 is 4.98. The molecule has 0 saturated heterocycles. The Labute approximate surface area is 291 Å². The van der Waals surface area contributed by atoms with Gasteiger partial charge in [-0.1, -0.05) is 15.9 Å². The van der Waals surface area contributed by atoms with Gasteiger partial charge >= 0.3 is 46.5 Å². The summed E-state index contributed by atoms with van der Waals surface area (Å²) in [5, 5.41) is 35.5. The fraction of sp³-hybridized carbons (Fsp3) is 0. The number of halogens is 2. The van der Waals surface area contributed by atoms with Crippen molar-refractivity contribution in [1.29, 1.82) is 0 Å². The molecule has 7 aromatic heterocycles. The predicted octanol–water partition coefficient (Wildman–Crippen LogP) is 2.33. The Kier molecular flexibility index (Phi) is 17.7. The first kappa shape index (κ1) is 37.0. The smallest absolute Gasteiger partial charge is 0.425 e. The number of hydrogen-bond donors (Lipinski definition) is 0. The molecule has 232 valence electrons. The van der Waals surface area contributed by atoms with Crippen LogP contribution in [-0.2, 0) is 36.8 Å². The molecule has 0 N–H and O–H groups in total. The molecule has 18 nitrogen and oxygen atoms in total. The van der Waals surface area contributed by atoms with Crippen molar-refractivity contribution >= 4 is 39.9 Å². The Balaban J connectivity index is 0.000000229. The fourth-order valence-electron chi connectivity index (χ4n) is 3.44. The number of nitrogens with zero attached hydrogens (tertiary/aromatic N) is 16. The molecule has 0 amide bonds. The molecule has 45 heavy (non-hydrogen) atoms. The maximum atomic E-state index is 8.44. The molecule has 0 aromatic carbocycles. The van der Waals surface area contributed by atoms with E-state index in [1.807, 2.05) is 90.9 Å². The molecule has 0 saturated carbocycles. The Bertz CT molecular complexity index is 1370. The minimum absolute atomic E-state index is 0. The van der Waals surface area contributed by atoms with Crippen LogP contribution < -0.4 is 5.10 Å². The van der Waals surface area contributed by atoms with E-state index in [-0.39, 0.29) is 33.7 Å². The average Bonchev–Trinajstić information content (AvgIpc) is 3.92. The maximum absolute atomic E-state index is 8.44. The number of aromatic nitrogens is 14. The van der Waals surface area contributed by atoms with Crippen molar-refractivity contribution in [3.8, 4) is 0 Å². The van der Waals surface area contributed by atoms with Crippen LogP contribution in [0.4, 0.5) is 0 Å². The van der Waals surface area contributed by atoms with E-state index in [2.05, 4.69) is 66.4 Å². The first-order chi connectivity index (χ1) is 21.7. The van der Waals surface area contributed by atoms with Gasteiger partial charge in [0, 0.05) is 47.9 Å².